The van der Waals surface area contributed by atoms with Gasteiger partial charge in [-0.05, 0) is 65.6 Å². The highest BCUT2D eigenvalue weighted by atomic mass is 16.3. The minimum atomic E-state index is 0.313. The van der Waals surface area contributed by atoms with E-state index in [1.54, 1.807) is 0 Å². The summed E-state index contributed by atoms with van der Waals surface area (Å²) in [6.07, 6.45) is 1.98. The molecular formula is C32H25NO. The highest BCUT2D eigenvalue weighted by Gasteiger charge is 2.14. The Kier molecular flexibility index (Phi) is 5.00. The van der Waals surface area contributed by atoms with Crippen LogP contribution in [0.15, 0.2) is 114 Å². The van der Waals surface area contributed by atoms with Gasteiger partial charge < -0.3 is 4.42 Å². The van der Waals surface area contributed by atoms with Gasteiger partial charge in [0.2, 0.25) is 0 Å². The van der Waals surface area contributed by atoms with Crippen LogP contribution in [-0.2, 0) is 0 Å². The standard InChI is InChI=1S/C32H25NO/c1-21-17-30(33-20-29(21)24-11-7-4-8-12-24)26-14-16-32-28(19-26)27-18-25(13-15-31(27)34-32)22(2)23-9-5-3-6-10-23/h3-20,22H,1-2H3. The highest BCUT2D eigenvalue weighted by Crippen LogP contribution is 2.35. The van der Waals surface area contributed by atoms with Crippen LogP contribution in [0, 0.1) is 6.92 Å². The van der Waals surface area contributed by atoms with E-state index < -0.39 is 0 Å². The molecule has 1 atom stereocenters. The molecule has 6 rings (SSSR count). The van der Waals surface area contributed by atoms with E-state index in [9.17, 15) is 0 Å². The van der Waals surface area contributed by atoms with Crippen LogP contribution in [0.5, 0.6) is 0 Å². The van der Waals surface area contributed by atoms with E-state index in [1.165, 1.54) is 27.8 Å². The number of pyridine rings is 1. The van der Waals surface area contributed by atoms with Crippen molar-refractivity contribution in [2.75, 3.05) is 0 Å². The lowest BCUT2D eigenvalue weighted by Crippen LogP contribution is -1.95. The van der Waals surface area contributed by atoms with Crippen LogP contribution in [0.25, 0.3) is 44.3 Å². The second kappa shape index (κ2) is 8.31. The van der Waals surface area contributed by atoms with Gasteiger partial charge in [-0.2, -0.15) is 0 Å². The van der Waals surface area contributed by atoms with Gasteiger partial charge in [0.25, 0.3) is 0 Å². The van der Waals surface area contributed by atoms with E-state index in [0.29, 0.717) is 5.92 Å². The van der Waals surface area contributed by atoms with Gasteiger partial charge in [0.15, 0.2) is 0 Å². The SMILES string of the molecule is Cc1cc(-c2ccc3oc4ccc(C(C)c5ccccc5)cc4c3c2)ncc1-c1ccccc1. The Morgan fingerprint density at radius 3 is 2.06 bits per heavy atom. The molecule has 0 aliphatic rings. The van der Waals surface area contributed by atoms with Crippen LogP contribution in [-0.4, -0.2) is 4.98 Å². The number of rotatable bonds is 4. The van der Waals surface area contributed by atoms with Gasteiger partial charge in [-0.25, -0.2) is 0 Å². The van der Waals surface area contributed by atoms with Crippen molar-refractivity contribution in [1.29, 1.82) is 0 Å². The molecule has 6 aromatic rings. The third-order valence-electron chi connectivity index (χ3n) is 6.78. The molecule has 0 bridgehead atoms. The smallest absolute Gasteiger partial charge is 0.135 e. The Morgan fingerprint density at radius 1 is 0.647 bits per heavy atom. The lowest BCUT2D eigenvalue weighted by atomic mass is 9.92. The molecule has 0 N–H and O–H groups in total. The van der Waals surface area contributed by atoms with Crippen LogP contribution >= 0.6 is 0 Å². The fraction of sp³-hybridized carbons (Fsp3) is 0.0938. The van der Waals surface area contributed by atoms with Crippen molar-refractivity contribution < 1.29 is 4.42 Å². The predicted octanol–water partition coefficient (Wildman–Crippen LogP) is 8.78. The first kappa shape index (κ1) is 20.4. The Morgan fingerprint density at radius 2 is 1.32 bits per heavy atom. The van der Waals surface area contributed by atoms with E-state index in [0.717, 1.165) is 33.2 Å². The molecule has 2 nitrogen and oxygen atoms in total. The lowest BCUT2D eigenvalue weighted by Gasteiger charge is -2.12. The summed E-state index contributed by atoms with van der Waals surface area (Å²) >= 11 is 0. The normalized spacial score (nSPS) is 12.3. The molecule has 2 heteroatoms. The summed E-state index contributed by atoms with van der Waals surface area (Å²) in [7, 11) is 0. The van der Waals surface area contributed by atoms with Gasteiger partial charge in [-0.15, -0.1) is 0 Å². The average Bonchev–Trinajstić information content (AvgIpc) is 3.26. The zero-order valence-electron chi connectivity index (χ0n) is 19.3. The monoisotopic (exact) mass is 439 g/mol. The third-order valence-corrected chi connectivity index (χ3v) is 6.78. The van der Waals surface area contributed by atoms with Crippen LogP contribution < -0.4 is 0 Å². The molecule has 0 radical (unpaired) electrons. The number of nitrogens with zero attached hydrogens (tertiary/aromatic N) is 1. The van der Waals surface area contributed by atoms with Gasteiger partial charge in [-0.1, -0.05) is 73.7 Å². The van der Waals surface area contributed by atoms with Gasteiger partial charge >= 0.3 is 0 Å². The molecule has 0 aliphatic carbocycles. The van der Waals surface area contributed by atoms with Crippen molar-refractivity contribution in [2.24, 2.45) is 0 Å². The average molecular weight is 440 g/mol. The van der Waals surface area contributed by atoms with Gasteiger partial charge in [0.05, 0.1) is 5.69 Å². The first-order chi connectivity index (χ1) is 16.7. The quantitative estimate of drug-likeness (QED) is 0.274. The van der Waals surface area contributed by atoms with Crippen LogP contribution in [0.3, 0.4) is 0 Å². The van der Waals surface area contributed by atoms with E-state index in [1.807, 2.05) is 12.3 Å². The molecule has 0 aliphatic heterocycles. The zero-order valence-corrected chi connectivity index (χ0v) is 19.3. The number of aromatic nitrogens is 1. The first-order valence-corrected chi connectivity index (χ1v) is 11.7. The first-order valence-electron chi connectivity index (χ1n) is 11.7. The number of fused-ring (bicyclic) bond motifs is 3. The molecule has 2 heterocycles. The van der Waals surface area contributed by atoms with E-state index in [4.69, 9.17) is 9.40 Å². The Hall–Kier alpha value is -4.17. The Balaban J connectivity index is 1.42. The summed E-state index contributed by atoms with van der Waals surface area (Å²) in [4.78, 5) is 4.81. The van der Waals surface area contributed by atoms with Crippen molar-refractivity contribution in [3.8, 4) is 22.4 Å². The molecule has 0 fully saturated rings. The summed E-state index contributed by atoms with van der Waals surface area (Å²) in [5.74, 6) is 0.313. The van der Waals surface area contributed by atoms with Crippen molar-refractivity contribution in [1.82, 2.24) is 4.98 Å². The summed E-state index contributed by atoms with van der Waals surface area (Å²) in [5.41, 5.74) is 10.1. The molecule has 0 saturated heterocycles. The largest absolute Gasteiger partial charge is 0.456 e. The maximum absolute atomic E-state index is 6.16. The number of aryl methyl sites for hydroxylation is 1. The maximum Gasteiger partial charge on any atom is 0.135 e. The molecule has 4 aromatic carbocycles. The zero-order chi connectivity index (χ0) is 23.1. The van der Waals surface area contributed by atoms with E-state index in [-0.39, 0.29) is 0 Å². The minimum absolute atomic E-state index is 0.313. The lowest BCUT2D eigenvalue weighted by molar-refractivity contribution is 0.668. The van der Waals surface area contributed by atoms with Crippen molar-refractivity contribution in [2.45, 2.75) is 19.8 Å². The van der Waals surface area contributed by atoms with E-state index in [2.05, 4.69) is 111 Å². The van der Waals surface area contributed by atoms with E-state index >= 15 is 0 Å². The number of hydrogen-bond acceptors (Lipinski definition) is 2. The molecule has 0 amide bonds. The Labute approximate surface area is 199 Å². The summed E-state index contributed by atoms with van der Waals surface area (Å²) in [6.45, 7) is 4.40. The Bertz CT molecular complexity index is 1610. The number of hydrogen-bond donors (Lipinski definition) is 0. The molecule has 1 unspecified atom stereocenters. The maximum atomic E-state index is 6.16. The van der Waals surface area contributed by atoms with Crippen LogP contribution in [0.1, 0.15) is 29.5 Å². The fourth-order valence-corrected chi connectivity index (χ4v) is 4.79. The van der Waals surface area contributed by atoms with Crippen molar-refractivity contribution in [3.05, 3.63) is 126 Å². The summed E-state index contributed by atoms with van der Waals surface area (Å²) in [5, 5.41) is 2.27. The van der Waals surface area contributed by atoms with Gasteiger partial charge in [0.1, 0.15) is 11.2 Å². The summed E-state index contributed by atoms with van der Waals surface area (Å²) < 4.78 is 6.16. The van der Waals surface area contributed by atoms with Crippen molar-refractivity contribution >= 4 is 21.9 Å². The molecule has 0 saturated carbocycles. The molecule has 0 spiro atoms. The second-order valence-electron chi connectivity index (χ2n) is 8.95. The summed E-state index contributed by atoms with van der Waals surface area (Å²) in [6, 6.07) is 36.2. The van der Waals surface area contributed by atoms with Crippen molar-refractivity contribution in [3.63, 3.8) is 0 Å². The third kappa shape index (κ3) is 3.58. The predicted molar refractivity (Wildman–Crippen MR) is 141 cm³/mol. The fourth-order valence-electron chi connectivity index (χ4n) is 4.79. The number of benzene rings is 4. The molecule has 2 aromatic heterocycles. The second-order valence-corrected chi connectivity index (χ2v) is 8.95. The minimum Gasteiger partial charge on any atom is -0.456 e. The molecule has 34 heavy (non-hydrogen) atoms. The topological polar surface area (TPSA) is 26.0 Å². The van der Waals surface area contributed by atoms with Crippen LogP contribution in [0.2, 0.25) is 0 Å². The number of furan rings is 1. The highest BCUT2D eigenvalue weighted by molar-refractivity contribution is 6.06. The molecule has 164 valence electrons. The molecular weight excluding hydrogens is 414 g/mol. The van der Waals surface area contributed by atoms with Crippen LogP contribution in [0.4, 0.5) is 0 Å². The van der Waals surface area contributed by atoms with Gasteiger partial charge in [0, 0.05) is 34.0 Å². The van der Waals surface area contributed by atoms with Gasteiger partial charge in [-0.3, -0.25) is 4.98 Å².